The topological polar surface area (TPSA) is 138 Å². The van der Waals surface area contributed by atoms with Crippen LogP contribution < -0.4 is 5.32 Å². The van der Waals surface area contributed by atoms with Crippen LogP contribution in [0.4, 0.5) is 6.01 Å². The van der Waals surface area contributed by atoms with Crippen LogP contribution in [0.5, 0.6) is 0 Å². The van der Waals surface area contributed by atoms with Gasteiger partial charge >= 0.3 is 12.0 Å². The van der Waals surface area contributed by atoms with Crippen LogP contribution in [0.3, 0.4) is 0 Å². The number of rotatable bonds is 8. The first-order chi connectivity index (χ1) is 14.5. The number of anilines is 1. The zero-order chi connectivity index (χ0) is 21.1. The highest BCUT2D eigenvalue weighted by Gasteiger charge is 2.24. The van der Waals surface area contributed by atoms with Gasteiger partial charge in [0, 0.05) is 13.0 Å². The number of hydrogen-bond acceptors (Lipinski definition) is 9. The molecule has 10 heteroatoms. The van der Waals surface area contributed by atoms with Crippen LogP contribution in [-0.2, 0) is 4.79 Å². The Morgan fingerprint density at radius 1 is 1.10 bits per heavy atom. The normalized spacial score (nSPS) is 12.0. The van der Waals surface area contributed by atoms with Gasteiger partial charge in [-0.15, -0.1) is 16.4 Å². The zero-order valence-corrected chi connectivity index (χ0v) is 16.3. The quantitative estimate of drug-likeness (QED) is 0.364. The summed E-state index contributed by atoms with van der Waals surface area (Å²) in [6.07, 6.45) is -0.0530. The molecule has 0 spiro atoms. The van der Waals surface area contributed by atoms with Gasteiger partial charge in [-0.25, -0.2) is 9.78 Å². The van der Waals surface area contributed by atoms with E-state index >= 15 is 0 Å². The summed E-state index contributed by atoms with van der Waals surface area (Å²) >= 11 is 1.21. The summed E-state index contributed by atoms with van der Waals surface area (Å²) in [7, 11) is 0. The fourth-order valence-electron chi connectivity index (χ4n) is 2.83. The van der Waals surface area contributed by atoms with Crippen LogP contribution in [0.1, 0.15) is 22.1 Å². The van der Waals surface area contributed by atoms with E-state index in [4.69, 9.17) is 14.6 Å². The van der Waals surface area contributed by atoms with Gasteiger partial charge in [0.05, 0.1) is 10.2 Å². The minimum absolute atomic E-state index is 0.0530. The molecule has 0 aliphatic carbocycles. The second-order valence-electron chi connectivity index (χ2n) is 6.36. The molecule has 3 N–H and O–H groups in total. The van der Waals surface area contributed by atoms with Gasteiger partial charge in [-0.3, -0.25) is 4.79 Å². The Bertz CT molecular complexity index is 1200. The minimum Gasteiger partial charge on any atom is -0.480 e. The fraction of sp³-hybridized carbons (Fsp3) is 0.150. The number of fused-ring (bicyclic) bond motifs is 1. The van der Waals surface area contributed by atoms with E-state index in [0.717, 1.165) is 15.8 Å². The number of benzene rings is 2. The minimum atomic E-state index is -1.18. The highest BCUT2D eigenvalue weighted by atomic mass is 32.1. The third kappa shape index (κ3) is 4.04. The number of carboxylic acids is 1. The van der Waals surface area contributed by atoms with Gasteiger partial charge < -0.3 is 19.9 Å². The monoisotopic (exact) mass is 424 g/mol. The third-order valence-corrected chi connectivity index (χ3v) is 5.34. The summed E-state index contributed by atoms with van der Waals surface area (Å²) in [5.41, 5.74) is 2.75. The Hall–Kier alpha value is -3.63. The number of aliphatic hydroxyl groups is 1. The van der Waals surface area contributed by atoms with E-state index in [1.807, 2.05) is 48.5 Å². The summed E-state index contributed by atoms with van der Waals surface area (Å²) in [6, 6.07) is 14.3. The largest absolute Gasteiger partial charge is 0.480 e. The maximum Gasteiger partial charge on any atom is 0.326 e. The lowest BCUT2D eigenvalue weighted by Gasteiger charge is -2.09. The summed E-state index contributed by atoms with van der Waals surface area (Å²) in [4.78, 5) is 28.2. The molecule has 4 aromatic rings. The first-order valence-electron chi connectivity index (χ1n) is 8.99. The molecule has 1 atom stereocenters. The van der Waals surface area contributed by atoms with Crippen molar-refractivity contribution in [2.24, 2.45) is 0 Å². The Morgan fingerprint density at radius 2 is 1.90 bits per heavy atom. The summed E-state index contributed by atoms with van der Waals surface area (Å²) < 4.78 is 6.09. The van der Waals surface area contributed by atoms with Crippen molar-refractivity contribution in [3.63, 3.8) is 0 Å². The molecule has 0 bridgehead atoms. The lowest BCUT2D eigenvalue weighted by molar-refractivity contribution is -0.138. The highest BCUT2D eigenvalue weighted by molar-refractivity contribution is 7.20. The van der Waals surface area contributed by atoms with Crippen molar-refractivity contribution in [3.8, 4) is 11.1 Å². The molecule has 0 saturated carbocycles. The van der Waals surface area contributed by atoms with Gasteiger partial charge in [-0.05, 0) is 23.3 Å². The van der Waals surface area contributed by atoms with Gasteiger partial charge in [0.15, 0.2) is 5.01 Å². The van der Waals surface area contributed by atoms with Crippen molar-refractivity contribution in [2.45, 2.75) is 12.5 Å². The predicted octanol–water partition coefficient (Wildman–Crippen LogP) is 2.82. The molecular weight excluding hydrogens is 408 g/mol. The molecule has 2 heterocycles. The number of nitrogens with one attached hydrogen (secondary N) is 1. The van der Waals surface area contributed by atoms with Crippen LogP contribution >= 0.6 is 11.3 Å². The van der Waals surface area contributed by atoms with Crippen molar-refractivity contribution in [2.75, 3.05) is 11.9 Å². The van der Waals surface area contributed by atoms with E-state index in [0.29, 0.717) is 5.52 Å². The fourth-order valence-corrected chi connectivity index (χ4v) is 3.77. The second kappa shape index (κ2) is 8.39. The second-order valence-corrected chi connectivity index (χ2v) is 7.39. The lowest BCUT2D eigenvalue weighted by atomic mass is 10.1. The number of aliphatic carboxylic acids is 1. The average Bonchev–Trinajstić information content (AvgIpc) is 3.40. The molecule has 0 radical (unpaired) electrons. The molecule has 152 valence electrons. The Balaban J connectivity index is 1.56. The van der Waals surface area contributed by atoms with Crippen molar-refractivity contribution >= 4 is 39.3 Å². The molecule has 30 heavy (non-hydrogen) atoms. The molecule has 9 nitrogen and oxygen atoms in total. The molecule has 4 rings (SSSR count). The maximum absolute atomic E-state index is 12.7. The lowest BCUT2D eigenvalue weighted by Crippen LogP contribution is -2.30. The van der Waals surface area contributed by atoms with Crippen LogP contribution in [0.25, 0.3) is 21.3 Å². The number of carbonyl (C=O) groups is 2. The van der Waals surface area contributed by atoms with E-state index in [-0.39, 0.29) is 29.9 Å². The van der Waals surface area contributed by atoms with E-state index in [9.17, 15) is 9.59 Å². The van der Waals surface area contributed by atoms with Crippen molar-refractivity contribution in [1.29, 1.82) is 0 Å². The Kier molecular flexibility index (Phi) is 5.50. The third-order valence-electron chi connectivity index (χ3n) is 4.32. The zero-order valence-electron chi connectivity index (χ0n) is 15.5. The van der Waals surface area contributed by atoms with Crippen molar-refractivity contribution in [1.82, 2.24) is 15.2 Å². The van der Waals surface area contributed by atoms with Gasteiger partial charge in [0.2, 0.25) is 0 Å². The van der Waals surface area contributed by atoms with Crippen LogP contribution in [-0.4, -0.2) is 49.8 Å². The molecule has 0 fully saturated rings. The average molecular weight is 424 g/mol. The highest BCUT2D eigenvalue weighted by Crippen LogP contribution is 2.29. The first kappa shape index (κ1) is 19.7. The molecule has 0 saturated heterocycles. The maximum atomic E-state index is 12.7. The van der Waals surface area contributed by atoms with Crippen molar-refractivity contribution < 1.29 is 24.2 Å². The first-order valence-corrected chi connectivity index (χ1v) is 9.81. The molecule has 2 aromatic carbocycles. The Morgan fingerprint density at radius 3 is 2.63 bits per heavy atom. The van der Waals surface area contributed by atoms with E-state index < -0.39 is 17.8 Å². The number of nitrogens with zero attached hydrogens (tertiary/aromatic N) is 3. The standard InChI is InChI=1S/C20H16N4O5S/c25-9-8-14(19(27)28)22-20-24-23-17(29-20)16(26)18-21-13-7-6-12(10-15(13)30-18)11-4-2-1-3-5-11/h1-7,10,14,25H,8-9H2,(H,22,24)(H,27,28). The predicted molar refractivity (Wildman–Crippen MR) is 110 cm³/mol. The summed E-state index contributed by atoms with van der Waals surface area (Å²) in [5, 5.41) is 28.1. The number of aromatic nitrogens is 3. The van der Waals surface area contributed by atoms with Gasteiger partial charge in [0.25, 0.3) is 11.7 Å². The summed E-state index contributed by atoms with van der Waals surface area (Å²) in [5.74, 6) is -2.03. The molecule has 0 aliphatic heterocycles. The van der Waals surface area contributed by atoms with Gasteiger partial charge in [-0.2, -0.15) is 0 Å². The number of thiazole rings is 1. The number of carbonyl (C=O) groups excluding carboxylic acids is 1. The number of carboxylic acid groups (broad SMARTS) is 1. The van der Waals surface area contributed by atoms with Crippen LogP contribution in [0.2, 0.25) is 0 Å². The summed E-state index contributed by atoms with van der Waals surface area (Å²) in [6.45, 7) is -0.333. The van der Waals surface area contributed by atoms with Crippen LogP contribution in [0, 0.1) is 0 Å². The smallest absolute Gasteiger partial charge is 0.326 e. The number of hydrogen-bond donors (Lipinski definition) is 3. The van der Waals surface area contributed by atoms with E-state index in [1.165, 1.54) is 11.3 Å². The van der Waals surface area contributed by atoms with Gasteiger partial charge in [0.1, 0.15) is 6.04 Å². The van der Waals surface area contributed by atoms with E-state index in [2.05, 4.69) is 20.5 Å². The molecule has 0 aliphatic rings. The van der Waals surface area contributed by atoms with Crippen molar-refractivity contribution in [3.05, 3.63) is 59.4 Å². The van der Waals surface area contributed by atoms with Crippen LogP contribution in [0.15, 0.2) is 52.9 Å². The molecule has 2 aromatic heterocycles. The van der Waals surface area contributed by atoms with E-state index in [1.54, 1.807) is 0 Å². The molecular formula is C20H16N4O5S. The number of aliphatic hydroxyl groups excluding tert-OH is 1. The SMILES string of the molecule is O=C(c1nnc(NC(CCO)C(=O)O)o1)c1nc2ccc(-c3ccccc3)cc2s1. The molecule has 1 unspecified atom stereocenters. The number of ketones is 1. The Labute approximate surface area is 174 Å². The molecule has 0 amide bonds. The van der Waals surface area contributed by atoms with Gasteiger partial charge in [-0.1, -0.05) is 41.5 Å².